The number of aliphatic hydroxyl groups is 8. The van der Waals surface area contributed by atoms with E-state index in [1.54, 1.807) is 0 Å². The van der Waals surface area contributed by atoms with Crippen molar-refractivity contribution in [3.05, 3.63) is 35.4 Å². The monoisotopic (exact) mass is 627 g/mol. The van der Waals surface area contributed by atoms with E-state index in [1.165, 1.54) is 0 Å². The number of carbonyl (C=O) groups excluding carboxylic acids is 1. The molecule has 16 nitrogen and oxygen atoms in total. The molecular weight excluding hydrogens is 595 g/mol. The molecule has 1 aromatic carbocycles. The van der Waals surface area contributed by atoms with Crippen LogP contribution in [0.15, 0.2) is 34.5 Å². The highest BCUT2D eigenvalue weighted by Crippen LogP contribution is 2.52. The van der Waals surface area contributed by atoms with Gasteiger partial charge in [-0.2, -0.15) is 13.2 Å². The standard InChI is InChI=1S/C24H32F3N3O13/c25-24(26,27)23(29-30-23)10-3-1-9(2-4-10)20(37)28-11(7-40-18-12(5-31)42-21(38)16(35)14(18)33)8-41-19-13(6-32)43-22(39)17(36)15(19)34/h1-4,11-19,21-22,31-36,38-39H,5-8H2,(H,28,37)/t11?,12-,13-,14-,15-,16-,17+,18+,19+,21+,22+/m0/s1. The lowest BCUT2D eigenvalue weighted by atomic mass is 9.99. The first-order chi connectivity index (χ1) is 20.2. The normalized spacial score (nSPS) is 36.3. The summed E-state index contributed by atoms with van der Waals surface area (Å²) in [6.45, 7) is -2.54. The Kier molecular flexibility index (Phi) is 10.4. The molecule has 1 amide bonds. The minimum Gasteiger partial charge on any atom is -0.394 e. The van der Waals surface area contributed by atoms with Crippen LogP contribution in [-0.2, 0) is 24.6 Å². The zero-order valence-corrected chi connectivity index (χ0v) is 22.1. The first kappa shape index (κ1) is 33.5. The van der Waals surface area contributed by atoms with Crippen molar-refractivity contribution >= 4 is 5.91 Å². The molecule has 2 fully saturated rings. The molecule has 11 atom stereocenters. The number of aliphatic hydroxyl groups excluding tert-OH is 8. The third-order valence-electron chi connectivity index (χ3n) is 7.24. The Morgan fingerprint density at radius 2 is 1.28 bits per heavy atom. The summed E-state index contributed by atoms with van der Waals surface area (Å²) in [5, 5.41) is 87.9. The summed E-state index contributed by atoms with van der Waals surface area (Å²) in [5.41, 5.74) is -3.11. The third-order valence-corrected chi connectivity index (χ3v) is 7.24. The Hall–Kier alpha value is -2.40. The quantitative estimate of drug-likeness (QED) is 0.116. The Morgan fingerprint density at radius 3 is 1.65 bits per heavy atom. The van der Waals surface area contributed by atoms with Crippen molar-refractivity contribution in [1.29, 1.82) is 0 Å². The van der Waals surface area contributed by atoms with E-state index in [4.69, 9.17) is 18.9 Å². The number of carbonyl (C=O) groups is 1. The lowest BCUT2D eigenvalue weighted by Gasteiger charge is -2.41. The fraction of sp³-hybridized carbons (Fsp3) is 0.708. The van der Waals surface area contributed by atoms with E-state index in [-0.39, 0.29) is 11.1 Å². The topological polar surface area (TPSA) is 253 Å². The van der Waals surface area contributed by atoms with Gasteiger partial charge in [0.2, 0.25) is 0 Å². The molecule has 0 radical (unpaired) electrons. The highest BCUT2D eigenvalue weighted by molar-refractivity contribution is 5.94. The molecule has 3 heterocycles. The summed E-state index contributed by atoms with van der Waals surface area (Å²) in [4.78, 5) is 13.0. The van der Waals surface area contributed by atoms with Gasteiger partial charge in [-0.25, -0.2) is 0 Å². The summed E-state index contributed by atoms with van der Waals surface area (Å²) in [6, 6.07) is 3.04. The molecular formula is C24H32F3N3O13. The first-order valence-electron chi connectivity index (χ1n) is 13.0. The van der Waals surface area contributed by atoms with Crippen LogP contribution >= 0.6 is 0 Å². The average Bonchev–Trinajstić information content (AvgIpc) is 3.80. The van der Waals surface area contributed by atoms with Crippen LogP contribution in [0.25, 0.3) is 0 Å². The lowest BCUT2D eigenvalue weighted by molar-refractivity contribution is -0.299. The second-order valence-electron chi connectivity index (χ2n) is 10.2. The number of amides is 1. The summed E-state index contributed by atoms with van der Waals surface area (Å²) in [5.74, 6) is -0.835. The van der Waals surface area contributed by atoms with E-state index in [0.717, 1.165) is 24.3 Å². The van der Waals surface area contributed by atoms with Crippen molar-refractivity contribution in [2.24, 2.45) is 10.2 Å². The van der Waals surface area contributed by atoms with E-state index in [9.17, 15) is 58.8 Å². The van der Waals surface area contributed by atoms with Crippen LogP contribution in [0.5, 0.6) is 0 Å². The Balaban J connectivity index is 1.48. The molecule has 0 aromatic heterocycles. The maximum Gasteiger partial charge on any atom is 0.442 e. The van der Waals surface area contributed by atoms with E-state index in [1.807, 2.05) is 0 Å². The molecule has 0 saturated carbocycles. The molecule has 1 aromatic rings. The number of hydrogen-bond acceptors (Lipinski definition) is 15. The zero-order chi connectivity index (χ0) is 31.7. The maximum atomic E-state index is 13.3. The molecule has 2 saturated heterocycles. The maximum absolute atomic E-state index is 13.3. The SMILES string of the molecule is O=C(NC(CO[C@H]1[C@@H](O)[C@@H](O)[C@H](O)O[C@H]1CO)CO[C@H]1[C@@H](O)[C@H](O)[C@H](O)O[C@H]1CO)c1ccc(C2(C(F)(F)F)N=N2)cc1. The molecule has 1 unspecified atom stereocenters. The van der Waals surface area contributed by atoms with Crippen LogP contribution < -0.4 is 5.32 Å². The first-order valence-corrected chi connectivity index (χ1v) is 13.0. The zero-order valence-electron chi connectivity index (χ0n) is 22.1. The number of nitrogens with one attached hydrogen (secondary N) is 1. The molecule has 0 spiro atoms. The van der Waals surface area contributed by atoms with E-state index < -0.39 is 112 Å². The lowest BCUT2D eigenvalue weighted by Crippen LogP contribution is -2.61. The van der Waals surface area contributed by atoms with Crippen LogP contribution in [0.1, 0.15) is 15.9 Å². The highest BCUT2D eigenvalue weighted by Gasteiger charge is 2.65. The minimum absolute atomic E-state index is 0.104. The van der Waals surface area contributed by atoms with Crippen molar-refractivity contribution < 1.29 is 77.8 Å². The largest absolute Gasteiger partial charge is 0.442 e. The van der Waals surface area contributed by atoms with Crippen LogP contribution in [0.3, 0.4) is 0 Å². The number of alkyl halides is 3. The second-order valence-corrected chi connectivity index (χ2v) is 10.2. The van der Waals surface area contributed by atoms with Gasteiger partial charge in [0.1, 0.15) is 48.8 Å². The van der Waals surface area contributed by atoms with Crippen LogP contribution in [0.2, 0.25) is 0 Å². The average molecular weight is 628 g/mol. The van der Waals surface area contributed by atoms with Crippen LogP contribution in [-0.4, -0.2) is 147 Å². The molecule has 3 aliphatic heterocycles. The predicted molar refractivity (Wildman–Crippen MR) is 130 cm³/mol. The highest BCUT2D eigenvalue weighted by atomic mass is 19.4. The van der Waals surface area contributed by atoms with Crippen molar-refractivity contribution in [1.82, 2.24) is 5.32 Å². The fourth-order valence-corrected chi connectivity index (χ4v) is 4.70. The smallest absolute Gasteiger partial charge is 0.394 e. The van der Waals surface area contributed by atoms with Gasteiger partial charge in [0.05, 0.1) is 32.5 Å². The van der Waals surface area contributed by atoms with E-state index >= 15 is 0 Å². The third kappa shape index (κ3) is 6.97. The number of hydrogen-bond donors (Lipinski definition) is 9. The van der Waals surface area contributed by atoms with Gasteiger partial charge < -0.3 is 65.1 Å². The van der Waals surface area contributed by atoms with Gasteiger partial charge in [0, 0.05) is 11.1 Å². The fourth-order valence-electron chi connectivity index (χ4n) is 4.70. The van der Waals surface area contributed by atoms with Gasteiger partial charge in [-0.3, -0.25) is 4.79 Å². The second kappa shape index (κ2) is 13.3. The van der Waals surface area contributed by atoms with Gasteiger partial charge in [-0.05, 0) is 12.1 Å². The van der Waals surface area contributed by atoms with Gasteiger partial charge in [0.15, 0.2) is 12.6 Å². The molecule has 242 valence electrons. The molecule has 19 heteroatoms. The van der Waals surface area contributed by atoms with E-state index in [0.29, 0.717) is 0 Å². The Bertz CT molecular complexity index is 1080. The Labute approximate surface area is 240 Å². The van der Waals surface area contributed by atoms with E-state index in [2.05, 4.69) is 15.5 Å². The molecule has 4 rings (SSSR count). The molecule has 3 aliphatic rings. The van der Waals surface area contributed by atoms with Crippen LogP contribution in [0.4, 0.5) is 13.2 Å². The van der Waals surface area contributed by atoms with Crippen molar-refractivity contribution in [3.8, 4) is 0 Å². The summed E-state index contributed by atoms with van der Waals surface area (Å²) in [6.07, 6.45) is -21.0. The number of nitrogens with zero attached hydrogens (tertiary/aromatic N) is 2. The molecule has 0 aliphatic carbocycles. The Morgan fingerprint density at radius 1 is 0.837 bits per heavy atom. The molecule has 43 heavy (non-hydrogen) atoms. The van der Waals surface area contributed by atoms with Crippen LogP contribution in [0, 0.1) is 0 Å². The van der Waals surface area contributed by atoms with Gasteiger partial charge >= 0.3 is 11.8 Å². The van der Waals surface area contributed by atoms with Crippen molar-refractivity contribution in [2.75, 3.05) is 26.4 Å². The predicted octanol–water partition coefficient (Wildman–Crippen LogP) is -3.40. The van der Waals surface area contributed by atoms with Crippen molar-refractivity contribution in [2.45, 2.75) is 79.3 Å². The van der Waals surface area contributed by atoms with Gasteiger partial charge in [-0.1, -0.05) is 12.1 Å². The molecule has 0 bridgehead atoms. The summed E-state index contributed by atoms with van der Waals surface area (Å²) >= 11 is 0. The summed E-state index contributed by atoms with van der Waals surface area (Å²) in [7, 11) is 0. The number of ether oxygens (including phenoxy) is 4. The van der Waals surface area contributed by atoms with Crippen molar-refractivity contribution in [3.63, 3.8) is 0 Å². The number of rotatable bonds is 11. The van der Waals surface area contributed by atoms with Gasteiger partial charge in [-0.15, -0.1) is 10.2 Å². The molecule has 9 N–H and O–H groups in total. The minimum atomic E-state index is -4.77. The van der Waals surface area contributed by atoms with Gasteiger partial charge in [0.25, 0.3) is 5.91 Å². The number of benzene rings is 1. The summed E-state index contributed by atoms with van der Waals surface area (Å²) < 4.78 is 61.2. The number of halogens is 3.